The van der Waals surface area contributed by atoms with E-state index in [4.69, 9.17) is 11.6 Å². The van der Waals surface area contributed by atoms with Crippen LogP contribution in [0.25, 0.3) is 0 Å². The highest BCUT2D eigenvalue weighted by atomic mass is 35.5. The van der Waals surface area contributed by atoms with Crippen LogP contribution in [0.5, 0.6) is 0 Å². The van der Waals surface area contributed by atoms with E-state index in [1.54, 1.807) is 12.1 Å². The van der Waals surface area contributed by atoms with Crippen LogP contribution in [0.1, 0.15) is 65.7 Å². The van der Waals surface area contributed by atoms with Crippen LogP contribution in [0.2, 0.25) is 5.02 Å². The number of carboxylic acid groups (broad SMARTS) is 1. The second-order valence-electron chi connectivity index (χ2n) is 11.7. The molecule has 0 unspecified atom stereocenters. The van der Waals surface area contributed by atoms with Gasteiger partial charge in [0.05, 0.1) is 5.56 Å². The van der Waals surface area contributed by atoms with Crippen molar-refractivity contribution in [2.24, 2.45) is 5.41 Å². The van der Waals surface area contributed by atoms with Gasteiger partial charge in [-0.15, -0.1) is 0 Å². The molecule has 5 rings (SSSR count). The van der Waals surface area contributed by atoms with Crippen LogP contribution >= 0.6 is 11.6 Å². The van der Waals surface area contributed by atoms with Gasteiger partial charge in [-0.25, -0.2) is 4.79 Å². The van der Waals surface area contributed by atoms with Gasteiger partial charge in [0.15, 0.2) is 0 Å². The predicted molar refractivity (Wildman–Crippen MR) is 147 cm³/mol. The molecule has 0 saturated carbocycles. The molecule has 0 amide bonds. The molecule has 1 saturated heterocycles. The van der Waals surface area contributed by atoms with E-state index < -0.39 is 5.97 Å². The molecule has 0 aromatic heterocycles. The summed E-state index contributed by atoms with van der Waals surface area (Å²) < 4.78 is 0. The van der Waals surface area contributed by atoms with Crippen molar-refractivity contribution in [2.75, 3.05) is 18.0 Å². The summed E-state index contributed by atoms with van der Waals surface area (Å²) in [6, 6.07) is 22.9. The molecule has 0 bridgehead atoms. The van der Waals surface area contributed by atoms with Crippen molar-refractivity contribution in [3.8, 4) is 0 Å². The number of hydrogen-bond donors (Lipinski definition) is 2. The van der Waals surface area contributed by atoms with Crippen molar-refractivity contribution in [1.82, 2.24) is 5.32 Å². The molecule has 3 aromatic rings. The summed E-state index contributed by atoms with van der Waals surface area (Å²) in [5.74, 6) is -0.577. The largest absolute Gasteiger partial charge is 0.478 e. The van der Waals surface area contributed by atoms with Crippen LogP contribution in [-0.2, 0) is 12.0 Å². The highest BCUT2D eigenvalue weighted by molar-refractivity contribution is 6.30. The number of hydrogen-bond acceptors (Lipinski definition) is 3. The molecule has 3 aromatic carbocycles. The molecule has 2 heterocycles. The van der Waals surface area contributed by atoms with Gasteiger partial charge in [-0.1, -0.05) is 74.3 Å². The van der Waals surface area contributed by atoms with Gasteiger partial charge in [0.2, 0.25) is 0 Å². The zero-order valence-electron chi connectivity index (χ0n) is 21.5. The number of nitrogens with zero attached hydrogens (tertiary/aromatic N) is 1. The van der Waals surface area contributed by atoms with Crippen molar-refractivity contribution in [3.63, 3.8) is 0 Å². The number of nitrogens with one attached hydrogen (secondary N) is 1. The Hall–Kier alpha value is -2.82. The third-order valence-electron chi connectivity index (χ3n) is 7.94. The van der Waals surface area contributed by atoms with E-state index in [1.807, 2.05) is 18.2 Å². The molecule has 36 heavy (non-hydrogen) atoms. The van der Waals surface area contributed by atoms with Crippen molar-refractivity contribution in [2.45, 2.75) is 58.0 Å². The maximum atomic E-state index is 11.3. The monoisotopic (exact) mass is 502 g/mol. The summed E-state index contributed by atoms with van der Waals surface area (Å²) in [5.41, 5.74) is 6.64. The first-order valence-corrected chi connectivity index (χ1v) is 13.1. The lowest BCUT2D eigenvalue weighted by atomic mass is 9.64. The number of rotatable bonds is 5. The van der Waals surface area contributed by atoms with Gasteiger partial charge in [-0.05, 0) is 65.8 Å². The Morgan fingerprint density at radius 2 is 1.78 bits per heavy atom. The molecule has 0 aliphatic carbocycles. The normalized spacial score (nSPS) is 23.3. The summed E-state index contributed by atoms with van der Waals surface area (Å²) in [6.45, 7) is 11.6. The van der Waals surface area contributed by atoms with Crippen molar-refractivity contribution in [1.29, 1.82) is 0 Å². The Kier molecular flexibility index (Phi) is 6.38. The molecule has 5 heteroatoms. The van der Waals surface area contributed by atoms with E-state index in [1.165, 1.54) is 22.4 Å². The van der Waals surface area contributed by atoms with Gasteiger partial charge in [-0.2, -0.15) is 0 Å². The molecule has 1 spiro atoms. The smallest absolute Gasteiger partial charge is 0.335 e. The SMILES string of the molecule is Cc1ccc([C@H]2CN[C@@H](CC(C)(C)C)[C@@]23CN(Cc2ccc(C(=O)O)cc2)c2ccc(Cl)cc23)cc1. The minimum Gasteiger partial charge on any atom is -0.478 e. The predicted octanol–water partition coefficient (Wildman–Crippen LogP) is 6.80. The van der Waals surface area contributed by atoms with Gasteiger partial charge in [-0.3, -0.25) is 0 Å². The summed E-state index contributed by atoms with van der Waals surface area (Å²) in [5, 5.41) is 14.0. The van der Waals surface area contributed by atoms with E-state index in [9.17, 15) is 9.90 Å². The average molecular weight is 503 g/mol. The fourth-order valence-electron chi connectivity index (χ4n) is 6.30. The minimum absolute atomic E-state index is 0.121. The Morgan fingerprint density at radius 1 is 1.08 bits per heavy atom. The van der Waals surface area contributed by atoms with E-state index in [0.29, 0.717) is 17.5 Å². The Balaban J connectivity index is 1.60. The third kappa shape index (κ3) is 4.53. The molecule has 4 nitrogen and oxygen atoms in total. The number of halogens is 1. The van der Waals surface area contributed by atoms with Crippen LogP contribution in [0.3, 0.4) is 0 Å². The molecule has 2 aliphatic heterocycles. The molecule has 1 fully saturated rings. The first-order valence-electron chi connectivity index (χ1n) is 12.7. The summed E-state index contributed by atoms with van der Waals surface area (Å²) in [6.07, 6.45) is 1.06. The van der Waals surface area contributed by atoms with Crippen molar-refractivity contribution in [3.05, 3.63) is 99.6 Å². The van der Waals surface area contributed by atoms with Crippen molar-refractivity contribution >= 4 is 23.3 Å². The number of carbonyl (C=O) groups is 1. The lowest BCUT2D eigenvalue weighted by Gasteiger charge is -2.40. The molecule has 2 N–H and O–H groups in total. The standard InChI is InChI=1S/C31H35ClN2O2/c1-20-5-9-22(10-6-20)26-17-33-28(16-30(2,3)4)31(26)19-34(27-14-13-24(32)15-25(27)31)18-21-7-11-23(12-8-21)29(35)36/h5-15,26,28,33H,16-19H2,1-4H3,(H,35,36)/t26-,28+,31-/m1/s1. The fraction of sp³-hybridized carbons (Fsp3) is 0.387. The maximum absolute atomic E-state index is 11.3. The number of anilines is 1. The second kappa shape index (κ2) is 9.24. The van der Waals surface area contributed by atoms with Crippen LogP contribution in [-0.4, -0.2) is 30.2 Å². The molecule has 0 radical (unpaired) electrons. The number of aryl methyl sites for hydroxylation is 1. The summed E-state index contributed by atoms with van der Waals surface area (Å²) >= 11 is 6.64. The quantitative estimate of drug-likeness (QED) is 0.403. The zero-order chi connectivity index (χ0) is 25.7. The van der Waals surface area contributed by atoms with Crippen LogP contribution < -0.4 is 10.2 Å². The van der Waals surface area contributed by atoms with Gasteiger partial charge in [0.1, 0.15) is 0 Å². The van der Waals surface area contributed by atoms with Gasteiger partial charge in [0, 0.05) is 47.7 Å². The highest BCUT2D eigenvalue weighted by Crippen LogP contribution is 2.56. The van der Waals surface area contributed by atoms with E-state index in [2.05, 4.69) is 74.3 Å². The van der Waals surface area contributed by atoms with Gasteiger partial charge in [0.25, 0.3) is 0 Å². The first-order chi connectivity index (χ1) is 17.1. The molecular formula is C31H35ClN2O2. The van der Waals surface area contributed by atoms with E-state index in [-0.39, 0.29) is 10.8 Å². The van der Waals surface area contributed by atoms with Crippen LogP contribution in [0.4, 0.5) is 5.69 Å². The lowest BCUT2D eigenvalue weighted by molar-refractivity contribution is 0.0697. The van der Waals surface area contributed by atoms with Crippen LogP contribution in [0, 0.1) is 12.3 Å². The topological polar surface area (TPSA) is 52.6 Å². The second-order valence-corrected chi connectivity index (χ2v) is 12.2. The van der Waals surface area contributed by atoms with Crippen LogP contribution in [0.15, 0.2) is 66.7 Å². The Bertz CT molecular complexity index is 1260. The zero-order valence-corrected chi connectivity index (χ0v) is 22.3. The minimum atomic E-state index is -0.898. The summed E-state index contributed by atoms with van der Waals surface area (Å²) in [4.78, 5) is 13.8. The summed E-state index contributed by atoms with van der Waals surface area (Å²) in [7, 11) is 0. The number of benzene rings is 3. The Morgan fingerprint density at radius 3 is 2.42 bits per heavy atom. The Labute approximate surface area is 219 Å². The van der Waals surface area contributed by atoms with Gasteiger partial charge < -0.3 is 15.3 Å². The van der Waals surface area contributed by atoms with Gasteiger partial charge >= 0.3 is 5.97 Å². The fourth-order valence-corrected chi connectivity index (χ4v) is 6.47. The van der Waals surface area contributed by atoms with E-state index in [0.717, 1.165) is 36.6 Å². The molecule has 188 valence electrons. The maximum Gasteiger partial charge on any atom is 0.335 e. The third-order valence-corrected chi connectivity index (χ3v) is 8.17. The number of aromatic carboxylic acids is 1. The lowest BCUT2D eigenvalue weighted by Crippen LogP contribution is -2.48. The van der Waals surface area contributed by atoms with E-state index >= 15 is 0 Å². The molecule has 3 atom stereocenters. The average Bonchev–Trinajstić information content (AvgIpc) is 3.32. The molecule has 2 aliphatic rings. The number of carboxylic acids is 1. The molecular weight excluding hydrogens is 468 g/mol. The van der Waals surface area contributed by atoms with Crippen molar-refractivity contribution < 1.29 is 9.90 Å². The number of fused-ring (bicyclic) bond motifs is 2. The highest BCUT2D eigenvalue weighted by Gasteiger charge is 2.57. The first kappa shape index (κ1) is 24.9.